The molecule has 2 heterocycles. The number of fused-ring (bicyclic) bond motifs is 1. The van der Waals surface area contributed by atoms with Crippen molar-refractivity contribution >= 4 is 23.2 Å². The SMILES string of the molecule is O=C(COCc1ccccc1)Nc1ccc(N2CCc3ccccc3C2)c(C(=O)N2CCCC2)c1. The van der Waals surface area contributed by atoms with E-state index < -0.39 is 0 Å². The molecule has 1 saturated heterocycles. The number of hydrogen-bond acceptors (Lipinski definition) is 4. The van der Waals surface area contributed by atoms with Crippen LogP contribution in [0.15, 0.2) is 72.8 Å². The Balaban J connectivity index is 1.31. The van der Waals surface area contributed by atoms with Gasteiger partial charge in [-0.1, -0.05) is 54.6 Å². The van der Waals surface area contributed by atoms with E-state index in [1.807, 2.05) is 53.4 Å². The zero-order valence-electron chi connectivity index (χ0n) is 19.9. The lowest BCUT2D eigenvalue weighted by atomic mass is 9.98. The molecule has 2 aliphatic rings. The summed E-state index contributed by atoms with van der Waals surface area (Å²) in [4.78, 5) is 30.2. The lowest BCUT2D eigenvalue weighted by Crippen LogP contribution is -2.34. The highest BCUT2D eigenvalue weighted by Gasteiger charge is 2.26. The quantitative estimate of drug-likeness (QED) is 0.548. The Morgan fingerprint density at radius 3 is 2.40 bits per heavy atom. The van der Waals surface area contributed by atoms with E-state index in [1.165, 1.54) is 11.1 Å². The molecule has 0 aromatic heterocycles. The van der Waals surface area contributed by atoms with Crippen LogP contribution in [0.2, 0.25) is 0 Å². The van der Waals surface area contributed by atoms with Crippen LogP contribution in [-0.2, 0) is 29.1 Å². The Morgan fingerprint density at radius 1 is 0.857 bits per heavy atom. The molecule has 2 amide bonds. The van der Waals surface area contributed by atoms with Crippen LogP contribution < -0.4 is 10.2 Å². The summed E-state index contributed by atoms with van der Waals surface area (Å²) in [5.74, 6) is -0.201. The Labute approximate surface area is 206 Å². The van der Waals surface area contributed by atoms with Gasteiger partial charge in [-0.2, -0.15) is 0 Å². The average Bonchev–Trinajstić information content (AvgIpc) is 3.44. The normalized spacial score (nSPS) is 15.1. The van der Waals surface area contributed by atoms with Crippen molar-refractivity contribution in [3.05, 3.63) is 95.1 Å². The first-order valence-electron chi connectivity index (χ1n) is 12.3. The number of anilines is 2. The summed E-state index contributed by atoms with van der Waals surface area (Å²) < 4.78 is 5.57. The van der Waals surface area contributed by atoms with Crippen LogP contribution in [0.3, 0.4) is 0 Å². The summed E-state index contributed by atoms with van der Waals surface area (Å²) in [5, 5.41) is 2.91. The zero-order valence-corrected chi connectivity index (χ0v) is 19.9. The zero-order chi connectivity index (χ0) is 24.0. The summed E-state index contributed by atoms with van der Waals surface area (Å²) in [6.45, 7) is 3.53. The summed E-state index contributed by atoms with van der Waals surface area (Å²) in [6, 6.07) is 23.9. The Morgan fingerprint density at radius 2 is 1.60 bits per heavy atom. The second kappa shape index (κ2) is 10.7. The molecule has 0 atom stereocenters. The minimum absolute atomic E-state index is 0.0350. The van der Waals surface area contributed by atoms with Gasteiger partial charge in [-0.05, 0) is 54.2 Å². The maximum absolute atomic E-state index is 13.5. The molecular weight excluding hydrogens is 438 g/mol. The molecule has 1 N–H and O–H groups in total. The fourth-order valence-electron chi connectivity index (χ4n) is 4.89. The number of carbonyl (C=O) groups excluding carboxylic acids is 2. The van der Waals surface area contributed by atoms with Gasteiger partial charge in [0, 0.05) is 37.6 Å². The van der Waals surface area contributed by atoms with E-state index in [-0.39, 0.29) is 18.4 Å². The van der Waals surface area contributed by atoms with Crippen molar-refractivity contribution < 1.29 is 14.3 Å². The summed E-state index contributed by atoms with van der Waals surface area (Å²) in [5.41, 5.74) is 5.87. The van der Waals surface area contributed by atoms with Gasteiger partial charge in [0.15, 0.2) is 0 Å². The van der Waals surface area contributed by atoms with Gasteiger partial charge >= 0.3 is 0 Å². The molecular formula is C29H31N3O3. The number of hydrogen-bond donors (Lipinski definition) is 1. The average molecular weight is 470 g/mol. The molecule has 0 radical (unpaired) electrons. The second-order valence-corrected chi connectivity index (χ2v) is 9.20. The van der Waals surface area contributed by atoms with Crippen molar-refractivity contribution in [1.29, 1.82) is 0 Å². The Bertz CT molecular complexity index is 1190. The molecule has 5 rings (SSSR count). The lowest BCUT2D eigenvalue weighted by molar-refractivity contribution is -0.121. The largest absolute Gasteiger partial charge is 0.367 e. The van der Waals surface area contributed by atoms with Crippen LogP contribution in [0.1, 0.15) is 39.9 Å². The van der Waals surface area contributed by atoms with Gasteiger partial charge in [0.25, 0.3) is 5.91 Å². The van der Waals surface area contributed by atoms with Gasteiger partial charge < -0.3 is 19.9 Å². The van der Waals surface area contributed by atoms with Crippen LogP contribution in [0, 0.1) is 0 Å². The number of likely N-dealkylation sites (tertiary alicyclic amines) is 1. The summed E-state index contributed by atoms with van der Waals surface area (Å²) >= 11 is 0. The number of rotatable bonds is 7. The minimum Gasteiger partial charge on any atom is -0.367 e. The number of benzene rings is 3. The van der Waals surface area contributed by atoms with E-state index in [9.17, 15) is 9.59 Å². The third-order valence-corrected chi connectivity index (χ3v) is 6.72. The van der Waals surface area contributed by atoms with E-state index in [1.54, 1.807) is 0 Å². The number of amides is 2. The van der Waals surface area contributed by atoms with E-state index in [0.29, 0.717) is 17.9 Å². The smallest absolute Gasteiger partial charge is 0.256 e. The first-order valence-corrected chi connectivity index (χ1v) is 12.3. The van der Waals surface area contributed by atoms with Crippen LogP contribution in [-0.4, -0.2) is 43.0 Å². The van der Waals surface area contributed by atoms with Crippen molar-refractivity contribution in [2.24, 2.45) is 0 Å². The third kappa shape index (κ3) is 5.54. The second-order valence-electron chi connectivity index (χ2n) is 9.20. The number of carbonyl (C=O) groups is 2. The van der Waals surface area contributed by atoms with Gasteiger partial charge in [0.05, 0.1) is 12.2 Å². The molecule has 1 fully saturated rings. The molecule has 3 aromatic rings. The highest BCUT2D eigenvalue weighted by molar-refractivity contribution is 6.02. The highest BCUT2D eigenvalue weighted by atomic mass is 16.5. The van der Waals surface area contributed by atoms with Crippen molar-refractivity contribution in [3.8, 4) is 0 Å². The van der Waals surface area contributed by atoms with Crippen molar-refractivity contribution in [2.75, 3.05) is 36.5 Å². The lowest BCUT2D eigenvalue weighted by Gasteiger charge is -2.33. The van der Waals surface area contributed by atoms with Crippen LogP contribution >= 0.6 is 0 Å². The first kappa shape index (κ1) is 23.1. The van der Waals surface area contributed by atoms with Crippen molar-refractivity contribution in [1.82, 2.24) is 4.90 Å². The fraction of sp³-hybridized carbons (Fsp3) is 0.310. The fourth-order valence-corrected chi connectivity index (χ4v) is 4.89. The van der Waals surface area contributed by atoms with Crippen molar-refractivity contribution in [3.63, 3.8) is 0 Å². The number of nitrogens with zero attached hydrogens (tertiary/aromatic N) is 2. The van der Waals surface area contributed by atoms with Crippen LogP contribution in [0.5, 0.6) is 0 Å². The monoisotopic (exact) mass is 469 g/mol. The molecule has 0 aliphatic carbocycles. The molecule has 180 valence electrons. The number of nitrogens with one attached hydrogen (secondary N) is 1. The van der Waals surface area contributed by atoms with E-state index in [2.05, 4.69) is 34.5 Å². The molecule has 2 aliphatic heterocycles. The summed E-state index contributed by atoms with van der Waals surface area (Å²) in [7, 11) is 0. The Hall–Kier alpha value is -3.64. The third-order valence-electron chi connectivity index (χ3n) is 6.72. The molecule has 0 bridgehead atoms. The van der Waals surface area contributed by atoms with E-state index in [0.717, 1.165) is 56.7 Å². The standard InChI is InChI=1S/C29H31N3O3/c33-28(21-35-20-22-8-2-1-3-9-22)30-25-12-13-27(26(18-25)29(34)31-15-6-7-16-31)32-17-14-23-10-4-5-11-24(23)19-32/h1-5,8-13,18H,6-7,14-17,19-21H2,(H,30,33). The van der Waals surface area contributed by atoms with Gasteiger partial charge in [0.1, 0.15) is 6.61 Å². The minimum atomic E-state index is -0.236. The maximum atomic E-state index is 13.5. The predicted octanol–water partition coefficient (Wildman–Crippen LogP) is 4.64. The Kier molecular flexibility index (Phi) is 7.09. The molecule has 0 saturated carbocycles. The van der Waals surface area contributed by atoms with Gasteiger partial charge in [0.2, 0.25) is 5.91 Å². The first-order chi connectivity index (χ1) is 17.2. The predicted molar refractivity (Wildman–Crippen MR) is 138 cm³/mol. The molecule has 0 spiro atoms. The van der Waals surface area contributed by atoms with E-state index in [4.69, 9.17) is 4.74 Å². The highest BCUT2D eigenvalue weighted by Crippen LogP contribution is 2.31. The van der Waals surface area contributed by atoms with Crippen molar-refractivity contribution in [2.45, 2.75) is 32.4 Å². The topological polar surface area (TPSA) is 61.9 Å². The van der Waals surface area contributed by atoms with Crippen LogP contribution in [0.25, 0.3) is 0 Å². The molecule has 35 heavy (non-hydrogen) atoms. The molecule has 6 nitrogen and oxygen atoms in total. The van der Waals surface area contributed by atoms with Gasteiger partial charge in [-0.25, -0.2) is 0 Å². The number of ether oxygens (including phenoxy) is 1. The van der Waals surface area contributed by atoms with Crippen LogP contribution in [0.4, 0.5) is 11.4 Å². The molecule has 6 heteroatoms. The van der Waals surface area contributed by atoms with E-state index >= 15 is 0 Å². The van der Waals surface area contributed by atoms with Gasteiger partial charge in [-0.3, -0.25) is 9.59 Å². The molecule has 0 unspecified atom stereocenters. The maximum Gasteiger partial charge on any atom is 0.256 e. The molecule has 3 aromatic carbocycles. The van der Waals surface area contributed by atoms with Gasteiger partial charge in [-0.15, -0.1) is 0 Å². The summed E-state index contributed by atoms with van der Waals surface area (Å²) in [6.07, 6.45) is 3.02.